The quantitative estimate of drug-likeness (QED) is 0.849. The monoisotopic (exact) mass is 369 g/mol. The van der Waals surface area contributed by atoms with Crippen molar-refractivity contribution < 1.29 is 4.79 Å². The van der Waals surface area contributed by atoms with E-state index in [4.69, 9.17) is 0 Å². The molecule has 0 radical (unpaired) electrons. The van der Waals surface area contributed by atoms with Gasteiger partial charge in [0.25, 0.3) is 0 Å². The molecule has 1 aliphatic carbocycles. The van der Waals surface area contributed by atoms with Gasteiger partial charge in [-0.2, -0.15) is 5.10 Å². The van der Waals surface area contributed by atoms with Crippen LogP contribution in [0.4, 0.5) is 0 Å². The molecule has 27 heavy (non-hydrogen) atoms. The number of H-pyrrole nitrogens is 1. The Kier molecular flexibility index (Phi) is 5.32. The maximum absolute atomic E-state index is 12.8. The number of piperidine rings is 1. The van der Waals surface area contributed by atoms with Crippen molar-refractivity contribution in [2.45, 2.75) is 71.3 Å². The van der Waals surface area contributed by atoms with Gasteiger partial charge >= 0.3 is 0 Å². The van der Waals surface area contributed by atoms with Gasteiger partial charge in [0.15, 0.2) is 0 Å². The number of nitrogens with one attached hydrogen (secondary N) is 1. The van der Waals surface area contributed by atoms with E-state index in [2.05, 4.69) is 32.9 Å². The van der Waals surface area contributed by atoms with Crippen molar-refractivity contribution in [3.63, 3.8) is 0 Å². The number of hydrogen-bond acceptors (Lipinski definition) is 3. The summed E-state index contributed by atoms with van der Waals surface area (Å²) in [6, 6.07) is 0. The third kappa shape index (κ3) is 3.94. The Balaban J connectivity index is 1.35. The lowest BCUT2D eigenvalue weighted by atomic mass is 9.85. The summed E-state index contributed by atoms with van der Waals surface area (Å²) < 4.78 is 2.35. The number of hydrogen-bond donors (Lipinski definition) is 1. The van der Waals surface area contributed by atoms with Gasteiger partial charge < -0.3 is 9.47 Å². The lowest BCUT2D eigenvalue weighted by Crippen LogP contribution is -2.40. The van der Waals surface area contributed by atoms with E-state index in [1.165, 1.54) is 30.7 Å². The van der Waals surface area contributed by atoms with E-state index in [0.29, 0.717) is 18.8 Å². The second-order valence-electron chi connectivity index (χ2n) is 8.33. The van der Waals surface area contributed by atoms with E-state index < -0.39 is 0 Å². The van der Waals surface area contributed by atoms with Gasteiger partial charge in [-0.25, -0.2) is 4.98 Å². The SMILES string of the molecule is Cc1[nH]nc(CCC(=O)N2CCC[C@H](c3nccn3CC3CCC3)C2)c1C. The fourth-order valence-corrected chi connectivity index (χ4v) is 4.37. The van der Waals surface area contributed by atoms with Crippen molar-refractivity contribution in [1.29, 1.82) is 0 Å². The van der Waals surface area contributed by atoms with Crippen LogP contribution >= 0.6 is 0 Å². The van der Waals surface area contributed by atoms with E-state index >= 15 is 0 Å². The summed E-state index contributed by atoms with van der Waals surface area (Å²) in [6.45, 7) is 6.86. The number of rotatable bonds is 6. The third-order valence-electron chi connectivity index (χ3n) is 6.50. The number of likely N-dealkylation sites (tertiary alicyclic amines) is 1. The molecule has 0 spiro atoms. The molecule has 1 saturated carbocycles. The van der Waals surface area contributed by atoms with Crippen molar-refractivity contribution >= 4 is 5.91 Å². The summed E-state index contributed by atoms with van der Waals surface area (Å²) in [4.78, 5) is 19.5. The highest BCUT2D eigenvalue weighted by Crippen LogP contribution is 2.31. The Bertz CT molecular complexity index is 788. The Hall–Kier alpha value is -2.11. The number of aryl methyl sites for hydroxylation is 2. The average Bonchev–Trinajstić information content (AvgIpc) is 3.24. The zero-order valence-corrected chi connectivity index (χ0v) is 16.6. The normalized spacial score (nSPS) is 20.7. The molecule has 1 amide bonds. The van der Waals surface area contributed by atoms with Crippen LogP contribution in [0.3, 0.4) is 0 Å². The topological polar surface area (TPSA) is 66.8 Å². The summed E-state index contributed by atoms with van der Waals surface area (Å²) >= 11 is 0. The van der Waals surface area contributed by atoms with Gasteiger partial charge in [0, 0.05) is 56.5 Å². The van der Waals surface area contributed by atoms with Crippen LogP contribution in [0.1, 0.15) is 67.2 Å². The Morgan fingerprint density at radius 1 is 1.26 bits per heavy atom. The van der Waals surface area contributed by atoms with E-state index in [1.807, 2.05) is 18.0 Å². The fourth-order valence-electron chi connectivity index (χ4n) is 4.37. The zero-order chi connectivity index (χ0) is 18.8. The first-order valence-electron chi connectivity index (χ1n) is 10.4. The molecule has 6 heteroatoms. The van der Waals surface area contributed by atoms with Gasteiger partial charge in [-0.15, -0.1) is 0 Å². The minimum atomic E-state index is 0.247. The molecule has 1 saturated heterocycles. The van der Waals surface area contributed by atoms with E-state index in [1.54, 1.807) is 0 Å². The van der Waals surface area contributed by atoms with E-state index in [0.717, 1.165) is 49.8 Å². The predicted molar refractivity (Wildman–Crippen MR) is 105 cm³/mol. The highest BCUT2D eigenvalue weighted by atomic mass is 16.2. The number of nitrogens with zero attached hydrogens (tertiary/aromatic N) is 4. The minimum Gasteiger partial charge on any atom is -0.342 e. The standard InChI is InChI=1S/C21H31N5O/c1-15-16(2)23-24-19(15)8-9-20(27)25-11-4-7-18(14-25)21-22-10-12-26(21)13-17-5-3-6-17/h10,12,17-18H,3-9,11,13-14H2,1-2H3,(H,23,24)/t18-/m0/s1. The predicted octanol–water partition coefficient (Wildman–Crippen LogP) is 3.36. The number of aromatic nitrogens is 4. The largest absolute Gasteiger partial charge is 0.342 e. The van der Waals surface area contributed by atoms with Gasteiger partial charge in [-0.3, -0.25) is 9.89 Å². The molecular formula is C21H31N5O. The molecule has 2 aromatic heterocycles. The van der Waals surface area contributed by atoms with Crippen LogP contribution in [0.15, 0.2) is 12.4 Å². The molecule has 2 aromatic rings. The maximum atomic E-state index is 12.8. The molecule has 2 fully saturated rings. The molecule has 1 N–H and O–H groups in total. The number of carbonyl (C=O) groups is 1. The van der Waals surface area contributed by atoms with Crippen molar-refractivity contribution in [3.8, 4) is 0 Å². The smallest absolute Gasteiger partial charge is 0.222 e. The van der Waals surface area contributed by atoms with Gasteiger partial charge in [0.2, 0.25) is 5.91 Å². The summed E-state index contributed by atoms with van der Waals surface area (Å²) in [5.74, 6) is 2.61. The van der Waals surface area contributed by atoms with Crippen molar-refractivity contribution in [3.05, 3.63) is 35.2 Å². The van der Waals surface area contributed by atoms with Gasteiger partial charge in [-0.1, -0.05) is 6.42 Å². The number of carbonyl (C=O) groups excluding carboxylic acids is 1. The third-order valence-corrected chi connectivity index (χ3v) is 6.50. The van der Waals surface area contributed by atoms with Crippen molar-refractivity contribution in [1.82, 2.24) is 24.6 Å². The molecule has 0 unspecified atom stereocenters. The first-order chi connectivity index (χ1) is 13.1. The van der Waals surface area contributed by atoms with Crippen LogP contribution in [-0.4, -0.2) is 43.6 Å². The molecule has 0 aromatic carbocycles. The lowest BCUT2D eigenvalue weighted by molar-refractivity contribution is -0.132. The first kappa shape index (κ1) is 18.3. The highest BCUT2D eigenvalue weighted by molar-refractivity contribution is 5.76. The van der Waals surface area contributed by atoms with Crippen LogP contribution in [0.5, 0.6) is 0 Å². The van der Waals surface area contributed by atoms with E-state index in [-0.39, 0.29) is 5.91 Å². The molecule has 0 bridgehead atoms. The second kappa shape index (κ2) is 7.87. The molecule has 146 valence electrons. The van der Waals surface area contributed by atoms with Crippen LogP contribution in [0.2, 0.25) is 0 Å². The van der Waals surface area contributed by atoms with Gasteiger partial charge in [0.1, 0.15) is 5.82 Å². The number of imidazole rings is 1. The minimum absolute atomic E-state index is 0.247. The van der Waals surface area contributed by atoms with E-state index in [9.17, 15) is 4.79 Å². The van der Waals surface area contributed by atoms with Crippen molar-refractivity contribution in [2.24, 2.45) is 5.92 Å². The molecular weight excluding hydrogens is 338 g/mol. The highest BCUT2D eigenvalue weighted by Gasteiger charge is 2.28. The Morgan fingerprint density at radius 3 is 2.81 bits per heavy atom. The van der Waals surface area contributed by atoms with Gasteiger partial charge in [0.05, 0.1) is 5.69 Å². The number of aromatic amines is 1. The maximum Gasteiger partial charge on any atom is 0.222 e. The molecule has 2 aliphatic rings. The number of amides is 1. The summed E-state index contributed by atoms with van der Waals surface area (Å²) in [5.41, 5.74) is 3.29. The van der Waals surface area contributed by atoms with Crippen LogP contribution in [0.25, 0.3) is 0 Å². The van der Waals surface area contributed by atoms with Crippen LogP contribution in [0, 0.1) is 19.8 Å². The van der Waals surface area contributed by atoms with Gasteiger partial charge in [-0.05, 0) is 51.0 Å². The van der Waals surface area contributed by atoms with Crippen LogP contribution in [-0.2, 0) is 17.8 Å². The molecule has 1 aliphatic heterocycles. The van der Waals surface area contributed by atoms with Crippen molar-refractivity contribution in [2.75, 3.05) is 13.1 Å². The Labute approximate surface area is 161 Å². The molecule has 1 atom stereocenters. The second-order valence-corrected chi connectivity index (χ2v) is 8.33. The zero-order valence-electron chi connectivity index (χ0n) is 16.6. The summed E-state index contributed by atoms with van der Waals surface area (Å²) in [5, 5.41) is 7.34. The summed E-state index contributed by atoms with van der Waals surface area (Å²) in [7, 11) is 0. The Morgan fingerprint density at radius 2 is 2.11 bits per heavy atom. The first-order valence-corrected chi connectivity index (χ1v) is 10.4. The summed E-state index contributed by atoms with van der Waals surface area (Å²) in [6.07, 6.45) is 11.6. The molecule has 3 heterocycles. The van der Waals surface area contributed by atoms with Crippen LogP contribution < -0.4 is 0 Å². The molecule has 4 rings (SSSR count). The lowest BCUT2D eigenvalue weighted by Gasteiger charge is -2.33. The molecule has 6 nitrogen and oxygen atoms in total. The fraction of sp³-hybridized carbons (Fsp3) is 0.667. The average molecular weight is 370 g/mol.